The van der Waals surface area contributed by atoms with Gasteiger partial charge in [-0.3, -0.25) is 4.79 Å². The van der Waals surface area contributed by atoms with Crippen LogP contribution in [0.5, 0.6) is 0 Å². The van der Waals surface area contributed by atoms with E-state index in [1.807, 2.05) is 0 Å². The fourth-order valence-corrected chi connectivity index (χ4v) is 2.77. The number of nitrogens with one attached hydrogen (secondary N) is 1. The summed E-state index contributed by atoms with van der Waals surface area (Å²) in [4.78, 5) is 24.1. The second-order valence-corrected chi connectivity index (χ2v) is 6.72. The van der Waals surface area contributed by atoms with Crippen LogP contribution < -0.4 is 5.32 Å². The lowest BCUT2D eigenvalue weighted by Gasteiger charge is -2.20. The summed E-state index contributed by atoms with van der Waals surface area (Å²) in [5.41, 5.74) is 1.25. The van der Waals surface area contributed by atoms with Crippen LogP contribution in [0.15, 0.2) is 24.3 Å². The van der Waals surface area contributed by atoms with E-state index in [9.17, 15) is 9.59 Å². The minimum absolute atomic E-state index is 0.0944. The van der Waals surface area contributed by atoms with Crippen LogP contribution in [0.3, 0.4) is 0 Å². The van der Waals surface area contributed by atoms with Crippen molar-refractivity contribution in [1.29, 1.82) is 0 Å². The van der Waals surface area contributed by atoms with Crippen LogP contribution in [0.4, 0.5) is 5.69 Å². The Morgan fingerprint density at radius 1 is 1.13 bits per heavy atom. The molecule has 0 aromatic heterocycles. The van der Waals surface area contributed by atoms with Crippen molar-refractivity contribution >= 4 is 17.6 Å². The number of amides is 1. The molecule has 1 aromatic rings. The molecule has 0 aliphatic heterocycles. The van der Waals surface area contributed by atoms with Crippen molar-refractivity contribution in [2.24, 2.45) is 11.8 Å². The number of esters is 1. The van der Waals surface area contributed by atoms with E-state index >= 15 is 0 Å². The quantitative estimate of drug-likeness (QED) is 0.791. The van der Waals surface area contributed by atoms with Crippen molar-refractivity contribution in [3.63, 3.8) is 0 Å². The first-order valence-electron chi connectivity index (χ1n) is 8.64. The number of hydrogen-bond donors (Lipinski definition) is 1. The predicted molar refractivity (Wildman–Crippen MR) is 91.4 cm³/mol. The van der Waals surface area contributed by atoms with Gasteiger partial charge in [0, 0.05) is 11.6 Å². The number of hydrogen-bond acceptors (Lipinski definition) is 3. The zero-order chi connectivity index (χ0) is 16.7. The molecule has 0 saturated heterocycles. The van der Waals surface area contributed by atoms with E-state index in [0.29, 0.717) is 18.1 Å². The summed E-state index contributed by atoms with van der Waals surface area (Å²) in [6.45, 7) is 4.63. The fraction of sp³-hybridized carbons (Fsp3) is 0.579. The molecule has 1 N–H and O–H groups in total. The van der Waals surface area contributed by atoms with Crippen LogP contribution >= 0.6 is 0 Å². The molecule has 0 heterocycles. The van der Waals surface area contributed by atoms with E-state index in [0.717, 1.165) is 37.8 Å². The van der Waals surface area contributed by atoms with E-state index in [-0.39, 0.29) is 17.8 Å². The molecule has 1 fully saturated rings. The molecule has 4 heteroatoms. The molecule has 0 radical (unpaired) electrons. The molecule has 1 saturated carbocycles. The van der Waals surface area contributed by atoms with Crippen LogP contribution in [0.25, 0.3) is 0 Å². The largest absolute Gasteiger partial charge is 0.462 e. The zero-order valence-electron chi connectivity index (χ0n) is 14.1. The highest BCUT2D eigenvalue weighted by molar-refractivity contribution is 5.94. The van der Waals surface area contributed by atoms with E-state index < -0.39 is 0 Å². The van der Waals surface area contributed by atoms with Gasteiger partial charge in [-0.2, -0.15) is 0 Å². The number of carbonyl (C=O) groups excluding carboxylic acids is 2. The second kappa shape index (κ2) is 8.70. The van der Waals surface area contributed by atoms with E-state index in [1.54, 1.807) is 24.3 Å². The Kier molecular flexibility index (Phi) is 6.63. The number of benzene rings is 1. The SMILES string of the molecule is CC(C)CCOC(=O)c1ccc(NC(=O)C2CCCCC2)cc1. The maximum Gasteiger partial charge on any atom is 0.338 e. The van der Waals surface area contributed by atoms with Crippen LogP contribution in [-0.4, -0.2) is 18.5 Å². The van der Waals surface area contributed by atoms with Crippen molar-refractivity contribution in [3.8, 4) is 0 Å². The van der Waals surface area contributed by atoms with Crippen LogP contribution in [-0.2, 0) is 9.53 Å². The summed E-state index contributed by atoms with van der Waals surface area (Å²) < 4.78 is 5.23. The summed E-state index contributed by atoms with van der Waals surface area (Å²) in [6, 6.07) is 6.93. The highest BCUT2D eigenvalue weighted by Crippen LogP contribution is 2.25. The van der Waals surface area contributed by atoms with Crippen LogP contribution in [0.1, 0.15) is 62.7 Å². The molecule has 0 bridgehead atoms. The molecule has 0 spiro atoms. The monoisotopic (exact) mass is 317 g/mol. The molecule has 0 atom stereocenters. The van der Waals surface area contributed by atoms with Gasteiger partial charge in [0.25, 0.3) is 0 Å². The molecule has 1 aliphatic carbocycles. The summed E-state index contributed by atoms with van der Waals surface area (Å²) in [7, 11) is 0. The van der Waals surface area contributed by atoms with Crippen molar-refractivity contribution in [1.82, 2.24) is 0 Å². The van der Waals surface area contributed by atoms with Crippen molar-refractivity contribution in [2.45, 2.75) is 52.4 Å². The first kappa shape index (κ1) is 17.5. The lowest BCUT2D eigenvalue weighted by atomic mass is 9.88. The van der Waals surface area contributed by atoms with E-state index in [4.69, 9.17) is 4.74 Å². The van der Waals surface area contributed by atoms with Crippen molar-refractivity contribution in [3.05, 3.63) is 29.8 Å². The van der Waals surface area contributed by atoms with Gasteiger partial charge in [0.15, 0.2) is 0 Å². The number of anilines is 1. The second-order valence-electron chi connectivity index (χ2n) is 6.72. The van der Waals surface area contributed by atoms with Gasteiger partial charge in [0.1, 0.15) is 0 Å². The Labute approximate surface area is 138 Å². The first-order valence-corrected chi connectivity index (χ1v) is 8.64. The van der Waals surface area contributed by atoms with Gasteiger partial charge in [-0.15, -0.1) is 0 Å². The molecule has 2 rings (SSSR count). The van der Waals surface area contributed by atoms with Gasteiger partial charge in [-0.25, -0.2) is 4.79 Å². The Bertz CT molecular complexity index is 516. The van der Waals surface area contributed by atoms with Gasteiger partial charge in [-0.1, -0.05) is 33.1 Å². The van der Waals surface area contributed by atoms with Gasteiger partial charge in [0.2, 0.25) is 5.91 Å². The normalized spacial score (nSPS) is 15.4. The highest BCUT2D eigenvalue weighted by Gasteiger charge is 2.21. The topological polar surface area (TPSA) is 55.4 Å². The van der Waals surface area contributed by atoms with E-state index in [2.05, 4.69) is 19.2 Å². The number of ether oxygens (including phenoxy) is 1. The molecule has 1 amide bonds. The predicted octanol–water partition coefficient (Wildman–Crippen LogP) is 4.41. The Hall–Kier alpha value is -1.84. The van der Waals surface area contributed by atoms with Gasteiger partial charge >= 0.3 is 5.97 Å². The Morgan fingerprint density at radius 3 is 2.39 bits per heavy atom. The standard InChI is InChI=1S/C19H27NO3/c1-14(2)12-13-23-19(22)16-8-10-17(11-9-16)20-18(21)15-6-4-3-5-7-15/h8-11,14-15H,3-7,12-13H2,1-2H3,(H,20,21). The van der Waals surface area contributed by atoms with E-state index in [1.165, 1.54) is 6.42 Å². The van der Waals surface area contributed by atoms with Gasteiger partial charge in [0.05, 0.1) is 12.2 Å². The third-order valence-corrected chi connectivity index (χ3v) is 4.29. The lowest BCUT2D eigenvalue weighted by molar-refractivity contribution is -0.120. The third-order valence-electron chi connectivity index (χ3n) is 4.29. The molecule has 1 aliphatic rings. The van der Waals surface area contributed by atoms with Gasteiger partial charge in [-0.05, 0) is 49.4 Å². The van der Waals surface area contributed by atoms with Crippen molar-refractivity contribution in [2.75, 3.05) is 11.9 Å². The summed E-state index contributed by atoms with van der Waals surface area (Å²) in [5.74, 6) is 0.428. The smallest absolute Gasteiger partial charge is 0.338 e. The molecule has 0 unspecified atom stereocenters. The zero-order valence-corrected chi connectivity index (χ0v) is 14.1. The van der Waals surface area contributed by atoms with Crippen LogP contribution in [0, 0.1) is 11.8 Å². The third kappa shape index (κ3) is 5.70. The maximum atomic E-state index is 12.2. The molecular weight excluding hydrogens is 290 g/mol. The molecule has 1 aromatic carbocycles. The lowest BCUT2D eigenvalue weighted by Crippen LogP contribution is -2.24. The fourth-order valence-electron chi connectivity index (χ4n) is 2.77. The Balaban J connectivity index is 1.83. The summed E-state index contributed by atoms with van der Waals surface area (Å²) in [6.07, 6.45) is 6.33. The minimum atomic E-state index is -0.309. The summed E-state index contributed by atoms with van der Waals surface area (Å²) in [5, 5.41) is 2.94. The van der Waals surface area contributed by atoms with Gasteiger partial charge < -0.3 is 10.1 Å². The molecule has 4 nitrogen and oxygen atoms in total. The maximum absolute atomic E-state index is 12.2. The van der Waals surface area contributed by atoms with Crippen molar-refractivity contribution < 1.29 is 14.3 Å². The molecule has 126 valence electrons. The minimum Gasteiger partial charge on any atom is -0.462 e. The average molecular weight is 317 g/mol. The number of rotatable bonds is 6. The average Bonchev–Trinajstić information content (AvgIpc) is 2.56. The molecular formula is C19H27NO3. The molecule has 23 heavy (non-hydrogen) atoms. The Morgan fingerprint density at radius 2 is 1.78 bits per heavy atom. The summed E-state index contributed by atoms with van der Waals surface area (Å²) >= 11 is 0. The first-order chi connectivity index (χ1) is 11.1. The van der Waals surface area contributed by atoms with Crippen LogP contribution in [0.2, 0.25) is 0 Å². The number of carbonyl (C=O) groups is 2. The highest BCUT2D eigenvalue weighted by atomic mass is 16.5.